The lowest BCUT2D eigenvalue weighted by Gasteiger charge is -2.15. The molecule has 0 aromatic carbocycles. The predicted octanol–water partition coefficient (Wildman–Crippen LogP) is 3.28. The maximum Gasteiger partial charge on any atom is 0.416 e. The number of hydrogen-bond acceptors (Lipinski definition) is 2. The van der Waals surface area contributed by atoms with Crippen LogP contribution >= 0.6 is 0 Å². The molecule has 17 heavy (non-hydrogen) atoms. The molecule has 0 aliphatic rings. The van der Waals surface area contributed by atoms with Crippen molar-refractivity contribution in [3.63, 3.8) is 0 Å². The second kappa shape index (κ2) is 5.58. The normalized spacial score (nSPS) is 12.9. The van der Waals surface area contributed by atoms with Crippen LogP contribution in [0, 0.1) is 12.3 Å². The number of nitrogens with zero attached hydrogens (tertiary/aromatic N) is 1. The lowest BCUT2D eigenvalue weighted by atomic mass is 10.2. The van der Waals surface area contributed by atoms with E-state index < -0.39 is 11.7 Å². The summed E-state index contributed by atoms with van der Waals surface area (Å²) in [7, 11) is 0. The third kappa shape index (κ3) is 3.99. The quantitative estimate of drug-likeness (QED) is 0.757. The van der Waals surface area contributed by atoms with Crippen LogP contribution < -0.4 is 4.74 Å². The average Bonchev–Trinajstić information content (AvgIpc) is 2.28. The fourth-order valence-corrected chi connectivity index (χ4v) is 1.22. The van der Waals surface area contributed by atoms with Crippen LogP contribution in [0.25, 0.3) is 0 Å². The summed E-state index contributed by atoms with van der Waals surface area (Å²) in [6.45, 7) is 1.84. The zero-order valence-electron chi connectivity index (χ0n) is 9.29. The number of halogens is 3. The van der Waals surface area contributed by atoms with Gasteiger partial charge in [-0.2, -0.15) is 13.2 Å². The van der Waals surface area contributed by atoms with Gasteiger partial charge in [0, 0.05) is 18.7 Å². The van der Waals surface area contributed by atoms with Crippen molar-refractivity contribution in [2.45, 2.75) is 32.0 Å². The molecule has 0 N–H and O–H groups in total. The largest absolute Gasteiger partial charge is 0.473 e. The standard InChI is InChI=1S/C12H12F3NO/c1-3-5-10(4-2)17-11-8-9(6-7-16-11)12(13,14)15/h1,6-8,10H,4-5H2,2H3. The highest BCUT2D eigenvalue weighted by Crippen LogP contribution is 2.30. The van der Waals surface area contributed by atoms with Crippen molar-refractivity contribution >= 4 is 0 Å². The molecule has 0 aliphatic carbocycles. The van der Waals surface area contributed by atoms with E-state index in [0.29, 0.717) is 12.8 Å². The van der Waals surface area contributed by atoms with Gasteiger partial charge in [0.05, 0.1) is 5.56 Å². The Hall–Kier alpha value is -1.70. The first-order valence-electron chi connectivity index (χ1n) is 5.10. The molecule has 2 nitrogen and oxygen atoms in total. The van der Waals surface area contributed by atoms with E-state index in [1.807, 2.05) is 6.92 Å². The van der Waals surface area contributed by atoms with Gasteiger partial charge in [0.25, 0.3) is 0 Å². The maximum absolute atomic E-state index is 12.4. The van der Waals surface area contributed by atoms with Crippen LogP contribution in [0.3, 0.4) is 0 Å². The Labute approximate surface area is 97.8 Å². The minimum Gasteiger partial charge on any atom is -0.473 e. The Balaban J connectivity index is 2.82. The van der Waals surface area contributed by atoms with Crippen molar-refractivity contribution in [2.24, 2.45) is 0 Å². The molecule has 0 saturated heterocycles. The molecule has 0 bridgehead atoms. The number of pyridine rings is 1. The Kier molecular flexibility index (Phi) is 4.38. The molecule has 0 fully saturated rings. The molecular weight excluding hydrogens is 231 g/mol. The summed E-state index contributed by atoms with van der Waals surface area (Å²) in [5.74, 6) is 2.36. The van der Waals surface area contributed by atoms with Gasteiger partial charge in [0.1, 0.15) is 6.10 Å². The van der Waals surface area contributed by atoms with Gasteiger partial charge in [0.2, 0.25) is 5.88 Å². The van der Waals surface area contributed by atoms with E-state index in [4.69, 9.17) is 11.2 Å². The van der Waals surface area contributed by atoms with Crippen LogP contribution in [-0.2, 0) is 6.18 Å². The Morgan fingerprint density at radius 1 is 1.53 bits per heavy atom. The van der Waals surface area contributed by atoms with Crippen LogP contribution in [0.5, 0.6) is 5.88 Å². The van der Waals surface area contributed by atoms with Gasteiger partial charge in [-0.15, -0.1) is 12.3 Å². The van der Waals surface area contributed by atoms with E-state index in [1.165, 1.54) is 0 Å². The highest BCUT2D eigenvalue weighted by atomic mass is 19.4. The SMILES string of the molecule is C#CCC(CC)Oc1cc(C(F)(F)F)ccn1. The molecule has 1 atom stereocenters. The molecule has 1 rings (SSSR count). The molecule has 1 aromatic heterocycles. The van der Waals surface area contributed by atoms with Crippen molar-refractivity contribution in [3.8, 4) is 18.2 Å². The van der Waals surface area contributed by atoms with Gasteiger partial charge >= 0.3 is 6.18 Å². The summed E-state index contributed by atoms with van der Waals surface area (Å²) >= 11 is 0. The Bertz CT molecular complexity index is 409. The Morgan fingerprint density at radius 3 is 2.76 bits per heavy atom. The van der Waals surface area contributed by atoms with E-state index in [1.54, 1.807) is 0 Å². The molecular formula is C12H12F3NO. The van der Waals surface area contributed by atoms with Gasteiger partial charge in [-0.05, 0) is 12.5 Å². The van der Waals surface area contributed by atoms with E-state index in [0.717, 1.165) is 18.3 Å². The minimum absolute atomic E-state index is 0.0538. The number of rotatable bonds is 4. The molecule has 1 heterocycles. The second-order valence-corrected chi connectivity index (χ2v) is 3.44. The predicted molar refractivity (Wildman–Crippen MR) is 57.4 cm³/mol. The zero-order valence-corrected chi connectivity index (χ0v) is 9.29. The van der Waals surface area contributed by atoms with Crippen molar-refractivity contribution < 1.29 is 17.9 Å². The number of ether oxygens (including phenoxy) is 1. The van der Waals surface area contributed by atoms with Crippen molar-refractivity contribution in [3.05, 3.63) is 23.9 Å². The van der Waals surface area contributed by atoms with Crippen LogP contribution in [-0.4, -0.2) is 11.1 Å². The highest BCUT2D eigenvalue weighted by Gasteiger charge is 2.31. The lowest BCUT2D eigenvalue weighted by molar-refractivity contribution is -0.137. The summed E-state index contributed by atoms with van der Waals surface area (Å²) < 4.78 is 42.5. The summed E-state index contributed by atoms with van der Waals surface area (Å²) in [5, 5.41) is 0. The fourth-order valence-electron chi connectivity index (χ4n) is 1.22. The van der Waals surface area contributed by atoms with Gasteiger partial charge in [0.15, 0.2) is 0 Å². The molecule has 0 amide bonds. The average molecular weight is 243 g/mol. The summed E-state index contributed by atoms with van der Waals surface area (Å²) in [6.07, 6.45) is 2.45. The van der Waals surface area contributed by atoms with Crippen LogP contribution in [0.1, 0.15) is 25.3 Å². The first kappa shape index (κ1) is 13.4. The number of alkyl halides is 3. The number of aromatic nitrogens is 1. The van der Waals surface area contributed by atoms with Crippen molar-refractivity contribution in [1.29, 1.82) is 0 Å². The van der Waals surface area contributed by atoms with Gasteiger partial charge in [-0.3, -0.25) is 0 Å². The topological polar surface area (TPSA) is 22.1 Å². The lowest BCUT2D eigenvalue weighted by Crippen LogP contribution is -2.15. The molecule has 92 valence electrons. The number of hydrogen-bond donors (Lipinski definition) is 0. The van der Waals surface area contributed by atoms with Crippen molar-refractivity contribution in [1.82, 2.24) is 4.98 Å². The van der Waals surface area contributed by atoms with E-state index in [-0.39, 0.29) is 12.0 Å². The smallest absolute Gasteiger partial charge is 0.416 e. The summed E-state index contributed by atoms with van der Waals surface area (Å²) in [5.41, 5.74) is -0.780. The zero-order chi connectivity index (χ0) is 12.9. The molecule has 5 heteroatoms. The van der Waals surface area contributed by atoms with E-state index in [9.17, 15) is 13.2 Å². The third-order valence-corrected chi connectivity index (χ3v) is 2.15. The van der Waals surface area contributed by atoms with E-state index >= 15 is 0 Å². The second-order valence-electron chi connectivity index (χ2n) is 3.44. The first-order chi connectivity index (χ1) is 7.97. The van der Waals surface area contributed by atoms with Crippen LogP contribution in [0.15, 0.2) is 18.3 Å². The van der Waals surface area contributed by atoms with Crippen LogP contribution in [0.2, 0.25) is 0 Å². The fraction of sp³-hybridized carbons (Fsp3) is 0.417. The molecule has 0 radical (unpaired) electrons. The minimum atomic E-state index is -4.39. The maximum atomic E-state index is 12.4. The van der Waals surface area contributed by atoms with Crippen molar-refractivity contribution in [2.75, 3.05) is 0 Å². The highest BCUT2D eigenvalue weighted by molar-refractivity contribution is 5.23. The molecule has 0 saturated carbocycles. The van der Waals surface area contributed by atoms with Gasteiger partial charge in [-0.1, -0.05) is 6.92 Å². The number of terminal acetylenes is 1. The van der Waals surface area contributed by atoms with E-state index in [2.05, 4.69) is 10.9 Å². The van der Waals surface area contributed by atoms with Crippen LogP contribution in [0.4, 0.5) is 13.2 Å². The van der Waals surface area contributed by atoms with Gasteiger partial charge < -0.3 is 4.74 Å². The monoisotopic (exact) mass is 243 g/mol. The molecule has 1 unspecified atom stereocenters. The molecule has 1 aromatic rings. The third-order valence-electron chi connectivity index (χ3n) is 2.15. The van der Waals surface area contributed by atoms with Gasteiger partial charge in [-0.25, -0.2) is 4.98 Å². The summed E-state index contributed by atoms with van der Waals surface area (Å²) in [6, 6.07) is 1.77. The molecule has 0 aliphatic heterocycles. The summed E-state index contributed by atoms with van der Waals surface area (Å²) in [4.78, 5) is 3.73. The Morgan fingerprint density at radius 2 is 2.24 bits per heavy atom. The first-order valence-corrected chi connectivity index (χ1v) is 5.10. The molecule has 0 spiro atoms.